The molecule has 0 radical (unpaired) electrons. The molecule has 0 atom stereocenters. The van der Waals surface area contributed by atoms with Crippen LogP contribution in [0.4, 0.5) is 19.0 Å². The molecule has 1 aromatic rings. The van der Waals surface area contributed by atoms with Gasteiger partial charge in [0.05, 0.1) is 11.5 Å². The minimum absolute atomic E-state index is 0.0440. The fraction of sp³-hybridized carbons (Fsp3) is 0.500. The lowest BCUT2D eigenvalue weighted by molar-refractivity contribution is -0.183. The van der Waals surface area contributed by atoms with Gasteiger partial charge in [0.1, 0.15) is 5.82 Å². The van der Waals surface area contributed by atoms with E-state index in [1.54, 1.807) is 0 Å². The van der Waals surface area contributed by atoms with Crippen molar-refractivity contribution < 1.29 is 18.0 Å². The van der Waals surface area contributed by atoms with Crippen LogP contribution in [0, 0.1) is 5.92 Å². The number of amides is 1. The van der Waals surface area contributed by atoms with Gasteiger partial charge in [-0.25, -0.2) is 4.98 Å². The predicted molar refractivity (Wildman–Crippen MR) is 63.3 cm³/mol. The normalized spacial score (nSPS) is 17.5. The Balaban J connectivity index is 1.98. The highest BCUT2D eigenvalue weighted by Gasteiger charge is 2.41. The van der Waals surface area contributed by atoms with Crippen LogP contribution in [-0.4, -0.2) is 35.1 Å². The van der Waals surface area contributed by atoms with Gasteiger partial charge in [-0.1, -0.05) is 0 Å². The average Bonchev–Trinajstić information content (AvgIpc) is 2.38. The average molecular weight is 273 g/mol. The Kier molecular flexibility index (Phi) is 3.64. The molecule has 19 heavy (non-hydrogen) atoms. The third-order valence-corrected chi connectivity index (χ3v) is 3.28. The summed E-state index contributed by atoms with van der Waals surface area (Å²) in [4.78, 5) is 17.3. The molecule has 0 aliphatic carbocycles. The summed E-state index contributed by atoms with van der Waals surface area (Å²) in [5.74, 6) is -1.30. The minimum atomic E-state index is -4.17. The SMILES string of the molecule is Nc1ccc(C(=O)N2CCC(C(F)(F)F)CC2)cn1. The van der Waals surface area contributed by atoms with E-state index < -0.39 is 12.1 Å². The molecule has 2 rings (SSSR count). The van der Waals surface area contributed by atoms with Crippen molar-refractivity contribution in [3.8, 4) is 0 Å². The molecule has 0 unspecified atom stereocenters. The van der Waals surface area contributed by atoms with Crippen LogP contribution in [-0.2, 0) is 0 Å². The van der Waals surface area contributed by atoms with Gasteiger partial charge in [-0.3, -0.25) is 4.79 Å². The minimum Gasteiger partial charge on any atom is -0.384 e. The first-order chi connectivity index (χ1) is 8.88. The van der Waals surface area contributed by atoms with Gasteiger partial charge in [-0.05, 0) is 25.0 Å². The fourth-order valence-electron chi connectivity index (χ4n) is 2.12. The number of nitrogens with zero attached hydrogens (tertiary/aromatic N) is 2. The molecule has 7 heteroatoms. The number of carbonyl (C=O) groups is 1. The number of nitrogen functional groups attached to an aromatic ring is 1. The van der Waals surface area contributed by atoms with Gasteiger partial charge in [0.2, 0.25) is 0 Å². The van der Waals surface area contributed by atoms with Crippen LogP contribution in [0.5, 0.6) is 0 Å². The first kappa shape index (κ1) is 13.6. The lowest BCUT2D eigenvalue weighted by atomic mass is 9.96. The number of nitrogens with two attached hydrogens (primary N) is 1. The molecule has 0 bridgehead atoms. The summed E-state index contributed by atoms with van der Waals surface area (Å²) in [7, 11) is 0. The molecular weight excluding hydrogens is 259 g/mol. The van der Waals surface area contributed by atoms with Crippen LogP contribution in [0.1, 0.15) is 23.2 Å². The van der Waals surface area contributed by atoms with Crippen molar-refractivity contribution in [2.75, 3.05) is 18.8 Å². The largest absolute Gasteiger partial charge is 0.391 e. The van der Waals surface area contributed by atoms with Crippen molar-refractivity contribution >= 4 is 11.7 Å². The van der Waals surface area contributed by atoms with E-state index >= 15 is 0 Å². The van der Waals surface area contributed by atoms with Gasteiger partial charge in [-0.15, -0.1) is 0 Å². The summed E-state index contributed by atoms with van der Waals surface area (Å²) >= 11 is 0. The molecular formula is C12H14F3N3O. The smallest absolute Gasteiger partial charge is 0.384 e. The van der Waals surface area contributed by atoms with Crippen LogP contribution in [0.3, 0.4) is 0 Å². The number of likely N-dealkylation sites (tertiary alicyclic amines) is 1. The molecule has 1 aliphatic rings. The Morgan fingerprint density at radius 2 is 1.95 bits per heavy atom. The highest BCUT2D eigenvalue weighted by atomic mass is 19.4. The summed E-state index contributed by atoms with van der Waals surface area (Å²) < 4.78 is 37.5. The maximum atomic E-state index is 12.5. The topological polar surface area (TPSA) is 59.2 Å². The maximum Gasteiger partial charge on any atom is 0.391 e. The molecule has 0 saturated carbocycles. The van der Waals surface area contributed by atoms with Crippen LogP contribution < -0.4 is 5.73 Å². The lowest BCUT2D eigenvalue weighted by Gasteiger charge is -2.32. The van der Waals surface area contributed by atoms with E-state index in [0.717, 1.165) is 0 Å². The molecule has 104 valence electrons. The Morgan fingerprint density at radius 1 is 1.32 bits per heavy atom. The van der Waals surface area contributed by atoms with E-state index in [2.05, 4.69) is 4.98 Å². The number of piperidine rings is 1. The molecule has 0 aromatic carbocycles. The zero-order valence-corrected chi connectivity index (χ0v) is 10.2. The van der Waals surface area contributed by atoms with Crippen LogP contribution in [0.2, 0.25) is 0 Å². The van der Waals surface area contributed by atoms with E-state index in [1.807, 2.05) is 0 Å². The van der Waals surface area contributed by atoms with Crippen molar-refractivity contribution in [3.63, 3.8) is 0 Å². The number of rotatable bonds is 1. The van der Waals surface area contributed by atoms with Gasteiger partial charge in [-0.2, -0.15) is 13.2 Å². The number of aromatic nitrogens is 1. The Labute approximate surface area is 108 Å². The Bertz CT molecular complexity index is 450. The van der Waals surface area contributed by atoms with Crippen molar-refractivity contribution in [3.05, 3.63) is 23.9 Å². The van der Waals surface area contributed by atoms with Crippen LogP contribution in [0.25, 0.3) is 0 Å². The maximum absolute atomic E-state index is 12.5. The summed E-state index contributed by atoms with van der Waals surface area (Å²) in [6.07, 6.45) is -2.92. The molecule has 1 saturated heterocycles. The fourth-order valence-corrected chi connectivity index (χ4v) is 2.12. The standard InChI is InChI=1S/C12H14F3N3O/c13-12(14,15)9-3-5-18(6-4-9)11(19)8-1-2-10(16)17-7-8/h1-2,7,9H,3-6H2,(H2,16,17). The van der Waals surface area contributed by atoms with Gasteiger partial charge < -0.3 is 10.6 Å². The number of hydrogen-bond acceptors (Lipinski definition) is 3. The molecule has 1 aliphatic heterocycles. The third kappa shape index (κ3) is 3.15. The molecule has 2 heterocycles. The number of carbonyl (C=O) groups excluding carboxylic acids is 1. The zero-order chi connectivity index (χ0) is 14.0. The number of hydrogen-bond donors (Lipinski definition) is 1. The lowest BCUT2D eigenvalue weighted by Crippen LogP contribution is -2.42. The third-order valence-electron chi connectivity index (χ3n) is 3.28. The van der Waals surface area contributed by atoms with E-state index in [9.17, 15) is 18.0 Å². The van der Waals surface area contributed by atoms with E-state index in [1.165, 1.54) is 23.2 Å². The highest BCUT2D eigenvalue weighted by molar-refractivity contribution is 5.94. The van der Waals surface area contributed by atoms with Crippen molar-refractivity contribution in [1.82, 2.24) is 9.88 Å². The molecule has 4 nitrogen and oxygen atoms in total. The summed E-state index contributed by atoms with van der Waals surface area (Å²) in [5.41, 5.74) is 5.76. The molecule has 2 N–H and O–H groups in total. The van der Waals surface area contributed by atoms with E-state index in [-0.39, 0.29) is 31.8 Å². The summed E-state index contributed by atoms with van der Waals surface area (Å²) in [5, 5.41) is 0. The van der Waals surface area contributed by atoms with E-state index in [4.69, 9.17) is 5.73 Å². The second-order valence-electron chi connectivity index (χ2n) is 4.58. The van der Waals surface area contributed by atoms with E-state index in [0.29, 0.717) is 11.4 Å². The Morgan fingerprint density at radius 3 is 2.42 bits per heavy atom. The van der Waals surface area contributed by atoms with Gasteiger partial charge >= 0.3 is 6.18 Å². The quantitative estimate of drug-likeness (QED) is 0.852. The van der Waals surface area contributed by atoms with Gasteiger partial charge in [0.15, 0.2) is 0 Å². The number of halogens is 3. The second-order valence-corrected chi connectivity index (χ2v) is 4.58. The monoisotopic (exact) mass is 273 g/mol. The molecule has 1 aromatic heterocycles. The highest BCUT2D eigenvalue weighted by Crippen LogP contribution is 2.34. The molecule has 1 amide bonds. The summed E-state index contributed by atoms with van der Waals surface area (Å²) in [6, 6.07) is 3.02. The first-order valence-corrected chi connectivity index (χ1v) is 5.95. The Hall–Kier alpha value is -1.79. The number of pyridine rings is 1. The molecule has 1 fully saturated rings. The summed E-state index contributed by atoms with van der Waals surface area (Å²) in [6.45, 7) is 0.237. The van der Waals surface area contributed by atoms with Crippen LogP contribution in [0.15, 0.2) is 18.3 Å². The zero-order valence-electron chi connectivity index (χ0n) is 10.2. The predicted octanol–water partition coefficient (Wildman–Crippen LogP) is 2.08. The van der Waals surface area contributed by atoms with Gasteiger partial charge in [0.25, 0.3) is 5.91 Å². The number of alkyl halides is 3. The number of anilines is 1. The molecule has 0 spiro atoms. The van der Waals surface area contributed by atoms with Gasteiger partial charge in [0, 0.05) is 19.3 Å². The first-order valence-electron chi connectivity index (χ1n) is 5.95. The van der Waals surface area contributed by atoms with Crippen LogP contribution >= 0.6 is 0 Å². The van der Waals surface area contributed by atoms with Crippen molar-refractivity contribution in [2.24, 2.45) is 5.92 Å². The van der Waals surface area contributed by atoms with Crippen molar-refractivity contribution in [1.29, 1.82) is 0 Å². The second kappa shape index (κ2) is 5.07. The van der Waals surface area contributed by atoms with Crippen molar-refractivity contribution in [2.45, 2.75) is 19.0 Å².